The molecule has 67 heavy (non-hydrogen) atoms. The quantitative estimate of drug-likeness (QED) is 0.120. The molecule has 0 fully saturated rings. The van der Waals surface area contributed by atoms with E-state index in [1.165, 1.54) is 110 Å². The molecule has 0 aromatic heterocycles. The first-order valence-electron chi connectivity index (χ1n) is 23.1. The Balaban J connectivity index is 1.03. The highest BCUT2D eigenvalue weighted by Gasteiger charge is 2.52. The Hall–Kier alpha value is -8.46. The summed E-state index contributed by atoms with van der Waals surface area (Å²) in [6, 6.07) is 73.2. The molecule has 0 nitrogen and oxygen atoms in total. The van der Waals surface area contributed by atoms with E-state index >= 15 is 0 Å². The van der Waals surface area contributed by atoms with E-state index in [-0.39, 0.29) is 11.6 Å². The van der Waals surface area contributed by atoms with E-state index in [9.17, 15) is 8.78 Å². The van der Waals surface area contributed by atoms with Gasteiger partial charge in [-0.2, -0.15) is 0 Å². The summed E-state index contributed by atoms with van der Waals surface area (Å²) < 4.78 is 29.1. The van der Waals surface area contributed by atoms with Crippen molar-refractivity contribution in [1.29, 1.82) is 0 Å². The molecule has 308 valence electrons. The Labute approximate surface area is 384 Å². The molecule has 0 bridgehead atoms. The van der Waals surface area contributed by atoms with Gasteiger partial charge in [-0.25, -0.2) is 8.78 Å². The van der Waals surface area contributed by atoms with Crippen molar-refractivity contribution in [2.24, 2.45) is 0 Å². The van der Waals surface area contributed by atoms with E-state index in [2.05, 4.69) is 158 Å². The van der Waals surface area contributed by atoms with Gasteiger partial charge in [0, 0.05) is 0 Å². The van der Waals surface area contributed by atoms with E-state index in [0.29, 0.717) is 0 Å². The van der Waals surface area contributed by atoms with Crippen LogP contribution in [0.5, 0.6) is 0 Å². The number of fused-ring (bicyclic) bond motifs is 18. The van der Waals surface area contributed by atoms with Gasteiger partial charge in [-0.05, 0) is 196 Å². The van der Waals surface area contributed by atoms with Crippen molar-refractivity contribution in [3.63, 3.8) is 0 Å². The highest BCUT2D eigenvalue weighted by molar-refractivity contribution is 6.39. The minimum atomic E-state index is -0.459. The van der Waals surface area contributed by atoms with E-state index in [1.54, 1.807) is 24.3 Å². The first-order chi connectivity index (χ1) is 33.1. The summed E-state index contributed by atoms with van der Waals surface area (Å²) in [5, 5.41) is 14.5. The summed E-state index contributed by atoms with van der Waals surface area (Å²) in [4.78, 5) is 0. The SMILES string of the molecule is Fc1ccc(-c2c3ccccc3c(-c3ccc(F)cc3)c3cc4c(cc23)-c2ccc3c5cccc6c7c(cc(c8ccc-4c2c38)c65)C2(c3ccccc3-c3ccccc32)c2ccccc2-7)cc1. The minimum absolute atomic E-state index is 0.267. The number of rotatable bonds is 2. The second kappa shape index (κ2) is 12.5. The summed E-state index contributed by atoms with van der Waals surface area (Å²) in [6.45, 7) is 0. The van der Waals surface area contributed by atoms with Gasteiger partial charge in [-0.3, -0.25) is 0 Å². The number of hydrogen-bond acceptors (Lipinski definition) is 0. The van der Waals surface area contributed by atoms with Gasteiger partial charge in [-0.15, -0.1) is 0 Å². The van der Waals surface area contributed by atoms with Crippen molar-refractivity contribution in [3.05, 3.63) is 240 Å². The van der Waals surface area contributed by atoms with Gasteiger partial charge in [0.05, 0.1) is 5.41 Å². The Morgan fingerprint density at radius 1 is 0.239 bits per heavy atom. The lowest BCUT2D eigenvalue weighted by Gasteiger charge is -2.31. The third kappa shape index (κ3) is 4.28. The summed E-state index contributed by atoms with van der Waals surface area (Å²) in [5.74, 6) is -0.535. The molecule has 0 N–H and O–H groups in total. The average Bonchev–Trinajstić information content (AvgIpc) is 3.97. The lowest BCUT2D eigenvalue weighted by atomic mass is 9.70. The molecular formula is C65H34F2. The van der Waals surface area contributed by atoms with Crippen LogP contribution in [0.2, 0.25) is 0 Å². The van der Waals surface area contributed by atoms with Crippen LogP contribution in [-0.4, -0.2) is 0 Å². The molecule has 0 radical (unpaired) electrons. The highest BCUT2D eigenvalue weighted by Crippen LogP contribution is 2.65. The van der Waals surface area contributed by atoms with Gasteiger partial charge in [0.2, 0.25) is 0 Å². The van der Waals surface area contributed by atoms with Gasteiger partial charge in [0.25, 0.3) is 0 Å². The summed E-state index contributed by atoms with van der Waals surface area (Å²) in [5.41, 5.74) is 19.0. The first kappa shape index (κ1) is 35.8. The second-order valence-corrected chi connectivity index (χ2v) is 18.8. The zero-order valence-electron chi connectivity index (χ0n) is 35.9. The van der Waals surface area contributed by atoms with Gasteiger partial charge in [-0.1, -0.05) is 164 Å². The standard InChI is InChI=1S/C65H34F2/c66-37-24-20-35(21-25-37)59-41-12-1-2-13-42(41)60(36-22-26-38(67)27-23-36)53-33-51-46-30-31-47-54-34-58-62(49-16-9-15-43(61(49)54)44-28-29-45(64(46)63(44)47)50(51)32-52(53)59)48-14-5-8-19-57(48)65(58)55-17-6-3-10-39(55)40-11-4-7-18-56(40)65/h1-34H. The smallest absolute Gasteiger partial charge is 0.123 e. The maximum Gasteiger partial charge on any atom is 0.123 e. The molecule has 0 saturated carbocycles. The summed E-state index contributed by atoms with van der Waals surface area (Å²) in [7, 11) is 0. The van der Waals surface area contributed by atoms with Gasteiger partial charge in [0.1, 0.15) is 11.6 Å². The third-order valence-electron chi connectivity index (χ3n) is 15.9. The fourth-order valence-electron chi connectivity index (χ4n) is 13.4. The van der Waals surface area contributed by atoms with Crippen LogP contribution in [-0.2, 0) is 5.41 Å². The molecule has 0 aliphatic heterocycles. The normalized spacial score (nSPS) is 13.6. The molecule has 2 heteroatoms. The van der Waals surface area contributed by atoms with E-state index in [4.69, 9.17) is 0 Å². The zero-order valence-corrected chi connectivity index (χ0v) is 35.9. The van der Waals surface area contributed by atoms with Crippen molar-refractivity contribution in [3.8, 4) is 66.8 Å². The molecule has 13 aromatic rings. The van der Waals surface area contributed by atoms with Crippen molar-refractivity contribution in [1.82, 2.24) is 0 Å². The van der Waals surface area contributed by atoms with Crippen molar-refractivity contribution in [2.45, 2.75) is 5.41 Å². The van der Waals surface area contributed by atoms with Crippen LogP contribution in [0.25, 0.3) is 131 Å². The van der Waals surface area contributed by atoms with Crippen LogP contribution in [0.1, 0.15) is 22.3 Å². The summed E-state index contributed by atoms with van der Waals surface area (Å²) >= 11 is 0. The lowest BCUT2D eigenvalue weighted by Crippen LogP contribution is -2.25. The fraction of sp³-hybridized carbons (Fsp3) is 0.0154. The number of hydrogen-bond donors (Lipinski definition) is 0. The van der Waals surface area contributed by atoms with Crippen LogP contribution in [0.3, 0.4) is 0 Å². The predicted octanol–water partition coefficient (Wildman–Crippen LogP) is 17.6. The Bertz CT molecular complexity index is 4220. The van der Waals surface area contributed by atoms with E-state index < -0.39 is 5.41 Å². The Morgan fingerprint density at radius 2 is 0.687 bits per heavy atom. The van der Waals surface area contributed by atoms with Gasteiger partial charge >= 0.3 is 0 Å². The molecule has 3 aliphatic rings. The third-order valence-corrected chi connectivity index (χ3v) is 15.9. The van der Waals surface area contributed by atoms with E-state index in [1.807, 2.05) is 24.3 Å². The maximum absolute atomic E-state index is 14.6. The molecule has 3 aliphatic carbocycles. The Morgan fingerprint density at radius 3 is 1.25 bits per heavy atom. The molecule has 0 heterocycles. The van der Waals surface area contributed by atoms with Crippen LogP contribution in [0.4, 0.5) is 8.78 Å². The van der Waals surface area contributed by atoms with Crippen LogP contribution < -0.4 is 0 Å². The monoisotopic (exact) mass is 852 g/mol. The highest BCUT2D eigenvalue weighted by atomic mass is 19.1. The van der Waals surface area contributed by atoms with Gasteiger partial charge in [0.15, 0.2) is 0 Å². The molecule has 0 saturated heterocycles. The average molecular weight is 853 g/mol. The van der Waals surface area contributed by atoms with Gasteiger partial charge < -0.3 is 0 Å². The second-order valence-electron chi connectivity index (χ2n) is 18.8. The minimum Gasteiger partial charge on any atom is -0.207 e. The predicted molar refractivity (Wildman–Crippen MR) is 274 cm³/mol. The van der Waals surface area contributed by atoms with Crippen LogP contribution >= 0.6 is 0 Å². The maximum atomic E-state index is 14.6. The molecule has 0 amide bonds. The zero-order chi connectivity index (χ0) is 43.9. The fourth-order valence-corrected chi connectivity index (χ4v) is 13.4. The largest absolute Gasteiger partial charge is 0.207 e. The lowest BCUT2D eigenvalue weighted by molar-refractivity contribution is 0.627. The molecule has 0 atom stereocenters. The van der Waals surface area contributed by atoms with Crippen LogP contribution in [0, 0.1) is 11.6 Å². The number of halogens is 2. The van der Waals surface area contributed by atoms with E-state index in [0.717, 1.165) is 43.8 Å². The molecule has 1 spiro atoms. The molecule has 16 rings (SSSR count). The van der Waals surface area contributed by atoms with Crippen molar-refractivity contribution in [2.75, 3.05) is 0 Å². The molecular weight excluding hydrogens is 819 g/mol. The summed E-state index contributed by atoms with van der Waals surface area (Å²) in [6.07, 6.45) is 0. The molecule has 13 aromatic carbocycles. The van der Waals surface area contributed by atoms with Crippen molar-refractivity contribution < 1.29 is 8.78 Å². The molecule has 0 unspecified atom stereocenters. The topological polar surface area (TPSA) is 0 Å². The first-order valence-corrected chi connectivity index (χ1v) is 23.1. The van der Waals surface area contributed by atoms with Crippen LogP contribution in [0.15, 0.2) is 206 Å². The number of benzene rings is 13. The Kier molecular flexibility index (Phi) is 6.66. The van der Waals surface area contributed by atoms with Crippen molar-refractivity contribution >= 4 is 64.6 Å².